The first-order valence-electron chi connectivity index (χ1n) is 5.81. The second-order valence-corrected chi connectivity index (χ2v) is 3.74. The lowest BCUT2D eigenvalue weighted by atomic mass is 10.2. The smallest absolute Gasteiger partial charge is 0.338 e. The van der Waals surface area contributed by atoms with E-state index in [2.05, 4.69) is 5.32 Å². The lowest BCUT2D eigenvalue weighted by Crippen LogP contribution is -2.13. The Morgan fingerprint density at radius 1 is 1.16 bits per heavy atom. The van der Waals surface area contributed by atoms with Gasteiger partial charge in [-0.3, -0.25) is 9.59 Å². The summed E-state index contributed by atoms with van der Waals surface area (Å²) in [5, 5.41) is 11.0. The van der Waals surface area contributed by atoms with Gasteiger partial charge in [-0.05, 0) is 31.2 Å². The van der Waals surface area contributed by atoms with Gasteiger partial charge in [-0.2, -0.15) is 0 Å². The summed E-state index contributed by atoms with van der Waals surface area (Å²) in [6.45, 7) is 2.02. The predicted molar refractivity (Wildman–Crippen MR) is 67.9 cm³/mol. The van der Waals surface area contributed by atoms with Gasteiger partial charge >= 0.3 is 11.9 Å². The van der Waals surface area contributed by atoms with Crippen LogP contribution in [-0.2, 0) is 14.3 Å². The number of hydrogen-bond acceptors (Lipinski definition) is 4. The van der Waals surface area contributed by atoms with E-state index in [9.17, 15) is 14.4 Å². The fourth-order valence-electron chi connectivity index (χ4n) is 1.35. The number of hydrogen-bond donors (Lipinski definition) is 2. The Balaban J connectivity index is 2.54. The molecule has 0 unspecified atom stereocenters. The van der Waals surface area contributed by atoms with Crippen LogP contribution >= 0.6 is 0 Å². The first kappa shape index (κ1) is 14.7. The van der Waals surface area contributed by atoms with Crippen molar-refractivity contribution in [3.05, 3.63) is 29.8 Å². The maximum absolute atomic E-state index is 11.4. The van der Waals surface area contributed by atoms with E-state index in [-0.39, 0.29) is 18.7 Å². The van der Waals surface area contributed by atoms with Gasteiger partial charge in [0.1, 0.15) is 0 Å². The molecule has 19 heavy (non-hydrogen) atoms. The first-order chi connectivity index (χ1) is 9.02. The summed E-state index contributed by atoms with van der Waals surface area (Å²) in [5.41, 5.74) is 0.897. The number of carboxylic acids is 1. The second-order valence-electron chi connectivity index (χ2n) is 3.74. The molecule has 0 aliphatic carbocycles. The number of nitrogens with one attached hydrogen (secondary N) is 1. The molecule has 0 atom stereocenters. The number of anilines is 1. The average molecular weight is 265 g/mol. The van der Waals surface area contributed by atoms with Gasteiger partial charge < -0.3 is 15.2 Å². The van der Waals surface area contributed by atoms with Gasteiger partial charge in [-0.1, -0.05) is 0 Å². The highest BCUT2D eigenvalue weighted by Crippen LogP contribution is 2.11. The molecule has 6 nitrogen and oxygen atoms in total. The molecular formula is C13H15NO5. The van der Waals surface area contributed by atoms with Crippen LogP contribution in [0.2, 0.25) is 0 Å². The van der Waals surface area contributed by atoms with Gasteiger partial charge in [0.15, 0.2) is 0 Å². The zero-order valence-corrected chi connectivity index (χ0v) is 10.5. The van der Waals surface area contributed by atoms with Crippen LogP contribution in [0.5, 0.6) is 0 Å². The lowest BCUT2D eigenvalue weighted by Gasteiger charge is -2.05. The molecule has 0 saturated heterocycles. The summed E-state index contributed by atoms with van der Waals surface area (Å²) in [5.74, 6) is -1.83. The normalized spacial score (nSPS) is 9.74. The highest BCUT2D eigenvalue weighted by Gasteiger charge is 2.08. The molecule has 0 aliphatic rings. The summed E-state index contributed by atoms with van der Waals surface area (Å²) in [4.78, 5) is 33.1. The molecule has 0 bridgehead atoms. The van der Waals surface area contributed by atoms with E-state index in [0.29, 0.717) is 17.9 Å². The van der Waals surface area contributed by atoms with E-state index in [4.69, 9.17) is 9.84 Å². The van der Waals surface area contributed by atoms with Gasteiger partial charge in [0.25, 0.3) is 0 Å². The van der Waals surface area contributed by atoms with Crippen LogP contribution in [0.15, 0.2) is 24.3 Å². The minimum Gasteiger partial charge on any atom is -0.481 e. The Labute approximate surface area is 110 Å². The van der Waals surface area contributed by atoms with E-state index >= 15 is 0 Å². The Morgan fingerprint density at radius 3 is 2.32 bits per heavy atom. The Morgan fingerprint density at radius 2 is 1.79 bits per heavy atom. The number of rotatable bonds is 6. The summed E-state index contributed by atoms with van der Waals surface area (Å²) < 4.78 is 4.82. The molecule has 1 aromatic carbocycles. The molecule has 0 aliphatic heterocycles. The van der Waals surface area contributed by atoms with Crippen molar-refractivity contribution in [3.8, 4) is 0 Å². The zero-order valence-electron chi connectivity index (χ0n) is 10.5. The highest BCUT2D eigenvalue weighted by atomic mass is 16.5. The molecule has 2 N–H and O–H groups in total. The van der Waals surface area contributed by atoms with Crippen molar-refractivity contribution in [2.24, 2.45) is 0 Å². The number of carboxylic acid groups (broad SMARTS) is 1. The number of carbonyl (C=O) groups is 3. The minimum absolute atomic E-state index is 0.0883. The van der Waals surface area contributed by atoms with E-state index in [1.165, 1.54) is 12.1 Å². The predicted octanol–water partition coefficient (Wildman–Crippen LogP) is 1.67. The quantitative estimate of drug-likeness (QED) is 0.763. The first-order valence-corrected chi connectivity index (χ1v) is 5.81. The van der Waals surface area contributed by atoms with E-state index in [1.807, 2.05) is 0 Å². The third-order valence-electron chi connectivity index (χ3n) is 2.25. The molecule has 0 heterocycles. The van der Waals surface area contributed by atoms with Gasteiger partial charge in [0, 0.05) is 12.1 Å². The van der Waals surface area contributed by atoms with Crippen molar-refractivity contribution in [3.63, 3.8) is 0 Å². The Kier molecular flexibility index (Phi) is 5.53. The van der Waals surface area contributed by atoms with Crippen molar-refractivity contribution in [1.82, 2.24) is 0 Å². The molecule has 0 fully saturated rings. The van der Waals surface area contributed by atoms with Crippen molar-refractivity contribution >= 4 is 23.5 Å². The number of amides is 1. The van der Waals surface area contributed by atoms with Crippen LogP contribution in [-0.4, -0.2) is 29.6 Å². The Bertz CT molecular complexity index is 466. The van der Waals surface area contributed by atoms with Crippen LogP contribution in [0, 0.1) is 0 Å². The fourth-order valence-corrected chi connectivity index (χ4v) is 1.35. The van der Waals surface area contributed by atoms with E-state index in [1.54, 1.807) is 19.1 Å². The maximum Gasteiger partial charge on any atom is 0.338 e. The number of benzene rings is 1. The van der Waals surface area contributed by atoms with Crippen molar-refractivity contribution in [2.75, 3.05) is 11.9 Å². The van der Waals surface area contributed by atoms with Crippen LogP contribution in [0.4, 0.5) is 5.69 Å². The molecule has 0 spiro atoms. The molecule has 6 heteroatoms. The zero-order chi connectivity index (χ0) is 14.3. The topological polar surface area (TPSA) is 92.7 Å². The SMILES string of the molecule is CCOC(=O)c1ccc(NC(=O)CCC(=O)O)cc1. The monoisotopic (exact) mass is 265 g/mol. The molecule has 0 radical (unpaired) electrons. The van der Waals surface area contributed by atoms with Crippen molar-refractivity contribution in [1.29, 1.82) is 0 Å². The summed E-state index contributed by atoms with van der Waals surface area (Å²) in [6.07, 6.45) is -0.304. The largest absolute Gasteiger partial charge is 0.481 e. The van der Waals surface area contributed by atoms with Crippen LogP contribution in [0.3, 0.4) is 0 Å². The molecule has 1 aromatic rings. The third kappa shape index (κ3) is 5.20. The van der Waals surface area contributed by atoms with Gasteiger partial charge in [-0.25, -0.2) is 4.79 Å². The number of carbonyl (C=O) groups excluding carboxylic acids is 2. The van der Waals surface area contributed by atoms with Crippen LogP contribution in [0.1, 0.15) is 30.1 Å². The molecule has 1 rings (SSSR count). The minimum atomic E-state index is -1.02. The van der Waals surface area contributed by atoms with Crippen LogP contribution in [0.25, 0.3) is 0 Å². The van der Waals surface area contributed by atoms with Crippen molar-refractivity contribution in [2.45, 2.75) is 19.8 Å². The van der Waals surface area contributed by atoms with Crippen molar-refractivity contribution < 1.29 is 24.2 Å². The molecule has 1 amide bonds. The molecule has 102 valence electrons. The lowest BCUT2D eigenvalue weighted by molar-refractivity contribution is -0.138. The summed E-state index contributed by atoms with van der Waals surface area (Å²) in [6, 6.07) is 6.19. The average Bonchev–Trinajstić information content (AvgIpc) is 2.37. The van der Waals surface area contributed by atoms with E-state index in [0.717, 1.165) is 0 Å². The highest BCUT2D eigenvalue weighted by molar-refractivity contribution is 5.94. The molecule has 0 saturated carbocycles. The van der Waals surface area contributed by atoms with Gasteiger partial charge in [-0.15, -0.1) is 0 Å². The molecular weight excluding hydrogens is 250 g/mol. The standard InChI is InChI=1S/C13H15NO5/c1-2-19-13(18)9-3-5-10(6-4-9)14-11(15)7-8-12(16)17/h3-6H,2,7-8H2,1H3,(H,14,15)(H,16,17). The summed E-state index contributed by atoms with van der Waals surface area (Å²) in [7, 11) is 0. The maximum atomic E-state index is 11.4. The van der Waals surface area contributed by atoms with E-state index < -0.39 is 11.9 Å². The fraction of sp³-hybridized carbons (Fsp3) is 0.308. The number of esters is 1. The second kappa shape index (κ2) is 7.15. The van der Waals surface area contributed by atoms with Gasteiger partial charge in [0.2, 0.25) is 5.91 Å². The third-order valence-corrected chi connectivity index (χ3v) is 2.25. The van der Waals surface area contributed by atoms with Gasteiger partial charge in [0.05, 0.1) is 18.6 Å². The number of aliphatic carboxylic acids is 1. The van der Waals surface area contributed by atoms with Crippen LogP contribution < -0.4 is 5.32 Å². The summed E-state index contributed by atoms with van der Waals surface area (Å²) >= 11 is 0. The Hall–Kier alpha value is -2.37. The molecule has 0 aromatic heterocycles. The number of ether oxygens (including phenoxy) is 1.